The number of aromatic nitrogens is 1. The molecule has 2 N–H and O–H groups in total. The van der Waals surface area contributed by atoms with Crippen molar-refractivity contribution < 1.29 is 21.9 Å². The highest BCUT2D eigenvalue weighted by molar-refractivity contribution is 7.89. The molecule has 0 aliphatic rings. The van der Waals surface area contributed by atoms with Gasteiger partial charge in [0.25, 0.3) is 0 Å². The standard InChI is InChI=1S/C20H21ClF2N2O3S/c1-12-4-6-16(10-13(12)2)29(26,27)24-9-8-17-14(3)25-19-7-5-15(11-18(17)19)28-20(21,22)23/h4-7,10-11,24-25H,8-9H2,1-3H3. The normalized spacial score (nSPS) is 12.5. The number of aryl methyl sites for hydroxylation is 3. The Kier molecular flexibility index (Phi) is 5.89. The summed E-state index contributed by atoms with van der Waals surface area (Å²) >= 11 is 4.84. The number of H-pyrrole nitrogens is 1. The van der Waals surface area contributed by atoms with E-state index in [1.54, 1.807) is 24.3 Å². The number of alkyl halides is 3. The van der Waals surface area contributed by atoms with Crippen molar-refractivity contribution in [3.05, 3.63) is 58.8 Å². The van der Waals surface area contributed by atoms with Gasteiger partial charge in [0, 0.05) is 34.7 Å². The maximum absolute atomic E-state index is 12.9. The average Bonchev–Trinajstić information content (AvgIpc) is 2.91. The molecule has 5 nitrogen and oxygen atoms in total. The summed E-state index contributed by atoms with van der Waals surface area (Å²) in [6.07, 6.45) is 0.372. The van der Waals surface area contributed by atoms with Crippen LogP contribution in [0.1, 0.15) is 22.4 Å². The van der Waals surface area contributed by atoms with Crippen molar-refractivity contribution in [2.24, 2.45) is 0 Å². The van der Waals surface area contributed by atoms with Gasteiger partial charge in [-0.1, -0.05) is 6.07 Å². The molecule has 0 radical (unpaired) electrons. The second kappa shape index (κ2) is 7.93. The van der Waals surface area contributed by atoms with Gasteiger partial charge >= 0.3 is 5.57 Å². The molecule has 2 aromatic carbocycles. The van der Waals surface area contributed by atoms with Crippen molar-refractivity contribution in [2.45, 2.75) is 37.7 Å². The maximum Gasteiger partial charge on any atom is 0.487 e. The van der Waals surface area contributed by atoms with Gasteiger partial charge in [0.05, 0.1) is 4.90 Å². The van der Waals surface area contributed by atoms with Crippen LogP contribution in [0.5, 0.6) is 5.75 Å². The van der Waals surface area contributed by atoms with Crippen LogP contribution in [0.2, 0.25) is 0 Å². The Morgan fingerprint density at radius 1 is 1.10 bits per heavy atom. The Morgan fingerprint density at radius 3 is 2.48 bits per heavy atom. The zero-order chi connectivity index (χ0) is 21.4. The minimum absolute atomic E-state index is 0.0755. The molecule has 1 heterocycles. The molecule has 0 spiro atoms. The highest BCUT2D eigenvalue weighted by Crippen LogP contribution is 2.30. The van der Waals surface area contributed by atoms with Gasteiger partial charge in [-0.15, -0.1) is 8.78 Å². The van der Waals surface area contributed by atoms with Gasteiger partial charge in [-0.25, -0.2) is 13.1 Å². The zero-order valence-corrected chi connectivity index (χ0v) is 17.7. The van der Waals surface area contributed by atoms with Crippen LogP contribution >= 0.6 is 11.6 Å². The summed E-state index contributed by atoms with van der Waals surface area (Å²) in [6, 6.07) is 9.43. The first-order valence-corrected chi connectivity index (χ1v) is 10.8. The van der Waals surface area contributed by atoms with Crippen LogP contribution < -0.4 is 9.46 Å². The van der Waals surface area contributed by atoms with Crippen molar-refractivity contribution in [3.63, 3.8) is 0 Å². The van der Waals surface area contributed by atoms with Crippen LogP contribution in [0.25, 0.3) is 10.9 Å². The summed E-state index contributed by atoms with van der Waals surface area (Å²) < 4.78 is 57.9. The van der Waals surface area contributed by atoms with Gasteiger partial charge in [0.2, 0.25) is 10.0 Å². The van der Waals surface area contributed by atoms with Gasteiger partial charge in [-0.3, -0.25) is 0 Å². The molecule has 0 fully saturated rings. The van der Waals surface area contributed by atoms with Crippen LogP contribution in [0.15, 0.2) is 41.3 Å². The van der Waals surface area contributed by atoms with Crippen molar-refractivity contribution in [3.8, 4) is 5.75 Å². The van der Waals surface area contributed by atoms with Crippen LogP contribution in [0.4, 0.5) is 8.78 Å². The predicted molar refractivity (Wildman–Crippen MR) is 109 cm³/mol. The first kappa shape index (κ1) is 21.5. The molecule has 0 aliphatic heterocycles. The third-order valence-electron chi connectivity index (χ3n) is 4.78. The Hall–Kier alpha value is -2.16. The lowest BCUT2D eigenvalue weighted by Crippen LogP contribution is -2.26. The number of sulfonamides is 1. The molecule has 0 saturated heterocycles. The van der Waals surface area contributed by atoms with Gasteiger partial charge in [0.1, 0.15) is 5.75 Å². The topological polar surface area (TPSA) is 71.2 Å². The Balaban J connectivity index is 1.78. The molecular weight excluding hydrogens is 422 g/mol. The quantitative estimate of drug-likeness (QED) is 0.517. The Labute approximate surface area is 173 Å². The van der Waals surface area contributed by atoms with E-state index in [0.29, 0.717) is 11.8 Å². The maximum atomic E-state index is 12.9. The molecular formula is C20H21ClF2N2O3S. The SMILES string of the molecule is Cc1ccc(S(=O)(=O)NCCc2c(C)[nH]c3ccc(OC(F)(F)Cl)cc23)cc1C. The van der Waals surface area contributed by atoms with Gasteiger partial charge in [-0.2, -0.15) is 0 Å². The molecule has 0 amide bonds. The third kappa shape index (κ3) is 5.07. The largest absolute Gasteiger partial charge is 0.487 e. The van der Waals surface area contributed by atoms with Gasteiger partial charge in [-0.05, 0) is 74.2 Å². The van der Waals surface area contributed by atoms with Crippen molar-refractivity contribution in [2.75, 3.05) is 6.54 Å². The van der Waals surface area contributed by atoms with E-state index in [4.69, 9.17) is 11.6 Å². The minimum Gasteiger partial charge on any atom is -0.420 e. The fraction of sp³-hybridized carbons (Fsp3) is 0.300. The Morgan fingerprint density at radius 2 is 1.83 bits per heavy atom. The molecule has 0 aliphatic carbocycles. The predicted octanol–water partition coefficient (Wildman–Crippen LogP) is 4.78. The van der Waals surface area contributed by atoms with E-state index in [0.717, 1.165) is 27.9 Å². The molecule has 3 rings (SSSR count). The minimum atomic E-state index is -3.80. The summed E-state index contributed by atoms with van der Waals surface area (Å²) in [5, 5.41) is 0.672. The number of benzene rings is 2. The molecule has 0 bridgehead atoms. The Bertz CT molecular complexity index is 1150. The molecule has 3 aromatic rings. The van der Waals surface area contributed by atoms with Crippen LogP contribution in [0, 0.1) is 20.8 Å². The monoisotopic (exact) mass is 442 g/mol. The van der Waals surface area contributed by atoms with Crippen LogP contribution in [-0.4, -0.2) is 25.5 Å². The summed E-state index contributed by atoms with van der Waals surface area (Å²) in [6.45, 7) is 5.76. The highest BCUT2D eigenvalue weighted by Gasteiger charge is 2.28. The highest BCUT2D eigenvalue weighted by atomic mass is 35.5. The second-order valence-corrected chi connectivity index (χ2v) is 9.08. The van der Waals surface area contributed by atoms with Gasteiger partial charge in [0.15, 0.2) is 0 Å². The average molecular weight is 443 g/mol. The lowest BCUT2D eigenvalue weighted by atomic mass is 10.1. The third-order valence-corrected chi connectivity index (χ3v) is 6.32. The van der Waals surface area contributed by atoms with E-state index >= 15 is 0 Å². The summed E-state index contributed by atoms with van der Waals surface area (Å²) in [5.41, 5.74) is 0.468. The number of ether oxygens (including phenoxy) is 1. The number of hydrogen-bond acceptors (Lipinski definition) is 3. The van der Waals surface area contributed by atoms with Crippen molar-refractivity contribution in [1.82, 2.24) is 9.71 Å². The summed E-state index contributed by atoms with van der Waals surface area (Å²) in [4.78, 5) is 3.36. The molecule has 156 valence electrons. The van der Waals surface area contributed by atoms with E-state index < -0.39 is 15.6 Å². The van der Waals surface area contributed by atoms with E-state index in [2.05, 4.69) is 14.4 Å². The number of nitrogens with one attached hydrogen (secondary N) is 2. The first-order valence-electron chi connectivity index (χ1n) is 8.90. The number of hydrogen-bond donors (Lipinski definition) is 2. The molecule has 29 heavy (non-hydrogen) atoms. The fourth-order valence-electron chi connectivity index (χ4n) is 3.16. The van der Waals surface area contributed by atoms with Crippen LogP contribution in [-0.2, 0) is 16.4 Å². The van der Waals surface area contributed by atoms with Gasteiger partial charge < -0.3 is 9.72 Å². The molecule has 0 atom stereocenters. The first-order chi connectivity index (χ1) is 13.5. The second-order valence-electron chi connectivity index (χ2n) is 6.88. The molecule has 0 saturated carbocycles. The van der Waals surface area contributed by atoms with E-state index in [-0.39, 0.29) is 17.2 Å². The number of halogens is 3. The number of aromatic amines is 1. The molecule has 0 unspecified atom stereocenters. The lowest BCUT2D eigenvalue weighted by Gasteiger charge is -2.11. The fourth-order valence-corrected chi connectivity index (χ4v) is 4.36. The zero-order valence-electron chi connectivity index (χ0n) is 16.1. The number of rotatable bonds is 7. The summed E-state index contributed by atoms with van der Waals surface area (Å²) in [7, 11) is -3.65. The van der Waals surface area contributed by atoms with Crippen molar-refractivity contribution >= 4 is 32.5 Å². The molecule has 9 heteroatoms. The number of fused-ring (bicyclic) bond motifs is 1. The van der Waals surface area contributed by atoms with Crippen molar-refractivity contribution in [1.29, 1.82) is 0 Å². The van der Waals surface area contributed by atoms with Crippen LogP contribution in [0.3, 0.4) is 0 Å². The van der Waals surface area contributed by atoms with E-state index in [1.165, 1.54) is 12.1 Å². The summed E-state index contributed by atoms with van der Waals surface area (Å²) in [5.74, 6) is -0.0755. The van der Waals surface area contributed by atoms with E-state index in [1.807, 2.05) is 20.8 Å². The molecule has 1 aromatic heterocycles. The van der Waals surface area contributed by atoms with E-state index in [9.17, 15) is 17.2 Å². The lowest BCUT2D eigenvalue weighted by molar-refractivity contribution is -0.0964. The smallest absolute Gasteiger partial charge is 0.420 e.